The lowest BCUT2D eigenvalue weighted by atomic mass is 9.57. The maximum atomic E-state index is 10.9. The third-order valence-electron chi connectivity index (χ3n) is 8.96. The van der Waals surface area contributed by atoms with Crippen molar-refractivity contribution in [1.82, 2.24) is 0 Å². The second-order valence-electron chi connectivity index (χ2n) is 11.1. The van der Waals surface area contributed by atoms with Gasteiger partial charge in [-0.1, -0.05) is 52.8 Å². The normalized spacial score (nSPS) is 33.7. The highest BCUT2D eigenvalue weighted by molar-refractivity contribution is 5.34. The molecule has 2 fully saturated rings. The number of aliphatic hydroxyl groups is 1. The van der Waals surface area contributed by atoms with Crippen molar-refractivity contribution in [2.24, 2.45) is 40.9 Å². The second-order valence-corrected chi connectivity index (χ2v) is 11.1. The smallest absolute Gasteiger partial charge is 0.115 e. The molecule has 0 radical (unpaired) electrons. The Labute approximate surface area is 184 Å². The highest BCUT2D eigenvalue weighted by Gasteiger charge is 2.54. The minimum atomic E-state index is -0.175. The fourth-order valence-electron chi connectivity index (χ4n) is 6.52. The van der Waals surface area contributed by atoms with Crippen LogP contribution in [0.1, 0.15) is 77.8 Å². The van der Waals surface area contributed by atoms with Gasteiger partial charge >= 0.3 is 0 Å². The molecular weight excluding hydrogens is 368 g/mol. The number of aryl methyl sites for hydroxylation is 2. The summed E-state index contributed by atoms with van der Waals surface area (Å²) in [5, 5.41) is 20.8. The van der Waals surface area contributed by atoms with Crippen LogP contribution >= 0.6 is 0 Å². The van der Waals surface area contributed by atoms with Gasteiger partial charge in [-0.25, -0.2) is 0 Å². The van der Waals surface area contributed by atoms with Gasteiger partial charge in [0.15, 0.2) is 0 Å². The Morgan fingerprint density at radius 1 is 1.10 bits per heavy atom. The van der Waals surface area contributed by atoms with E-state index in [1.54, 1.807) is 6.07 Å². The molecule has 168 valence electrons. The van der Waals surface area contributed by atoms with E-state index in [4.69, 9.17) is 0 Å². The summed E-state index contributed by atoms with van der Waals surface area (Å²) < 4.78 is 0. The molecule has 2 aliphatic rings. The summed E-state index contributed by atoms with van der Waals surface area (Å²) in [7, 11) is 0. The lowest BCUT2D eigenvalue weighted by Gasteiger charge is -2.48. The van der Waals surface area contributed by atoms with E-state index in [9.17, 15) is 10.2 Å². The zero-order chi connectivity index (χ0) is 22.1. The molecule has 1 aromatic carbocycles. The van der Waals surface area contributed by atoms with Gasteiger partial charge in [0.2, 0.25) is 0 Å². The van der Waals surface area contributed by atoms with Crippen LogP contribution in [0.2, 0.25) is 0 Å². The van der Waals surface area contributed by atoms with Crippen LogP contribution < -0.4 is 0 Å². The number of aliphatic hydroxyl groups excluding tert-OH is 1. The summed E-state index contributed by atoms with van der Waals surface area (Å²) in [6.07, 6.45) is 11.3. The first-order valence-corrected chi connectivity index (χ1v) is 12.3. The Morgan fingerprint density at radius 3 is 2.53 bits per heavy atom. The molecule has 3 rings (SSSR count). The van der Waals surface area contributed by atoms with E-state index < -0.39 is 0 Å². The van der Waals surface area contributed by atoms with Crippen molar-refractivity contribution in [2.75, 3.05) is 0 Å². The topological polar surface area (TPSA) is 40.5 Å². The van der Waals surface area contributed by atoms with Gasteiger partial charge in [0.25, 0.3) is 0 Å². The molecule has 30 heavy (non-hydrogen) atoms. The second kappa shape index (κ2) is 9.47. The average Bonchev–Trinajstić information content (AvgIpc) is 3.05. The number of phenolic OH excluding ortho intramolecular Hbond substituents is 1. The van der Waals surface area contributed by atoms with Crippen LogP contribution in [0.4, 0.5) is 0 Å². The molecule has 0 saturated heterocycles. The van der Waals surface area contributed by atoms with Crippen LogP contribution in [0.3, 0.4) is 0 Å². The van der Waals surface area contributed by atoms with Crippen LogP contribution in [0.25, 0.3) is 0 Å². The summed E-state index contributed by atoms with van der Waals surface area (Å²) in [4.78, 5) is 0. The zero-order valence-electron chi connectivity index (χ0n) is 20.1. The fourth-order valence-corrected chi connectivity index (χ4v) is 6.52. The number of benzene rings is 1. The number of allylic oxidation sites excluding steroid dienone is 2. The Bertz CT molecular complexity index is 736. The number of hydrogen-bond donors (Lipinski definition) is 2. The minimum Gasteiger partial charge on any atom is -0.508 e. The van der Waals surface area contributed by atoms with E-state index in [0.717, 1.165) is 31.6 Å². The fraction of sp³-hybridized carbons (Fsp3) is 0.714. The van der Waals surface area contributed by atoms with Crippen molar-refractivity contribution in [2.45, 2.75) is 86.2 Å². The van der Waals surface area contributed by atoms with Crippen LogP contribution in [-0.2, 0) is 6.42 Å². The number of rotatable bonds is 7. The molecule has 2 heteroatoms. The zero-order valence-corrected chi connectivity index (χ0v) is 20.1. The summed E-state index contributed by atoms with van der Waals surface area (Å²) in [5.41, 5.74) is 2.80. The first kappa shape index (κ1) is 23.4. The van der Waals surface area contributed by atoms with Crippen molar-refractivity contribution >= 4 is 0 Å². The van der Waals surface area contributed by atoms with E-state index in [-0.39, 0.29) is 6.10 Å². The monoisotopic (exact) mass is 412 g/mol. The molecule has 2 nitrogen and oxygen atoms in total. The lowest BCUT2D eigenvalue weighted by Crippen LogP contribution is -2.45. The molecule has 0 bridgehead atoms. The van der Waals surface area contributed by atoms with Crippen molar-refractivity contribution in [3.8, 4) is 5.75 Å². The molecule has 1 aromatic rings. The average molecular weight is 413 g/mol. The molecule has 2 aliphatic carbocycles. The standard InChI is InChI=1S/C28H44O2/c1-18(2)19(3)7-8-21(5)25-13-14-26-24(27(30)15-16-28(25,26)6)12-10-22-17-23(29)11-9-20(22)4/h7-9,11,17-19,21,24-27,29-30H,10,12-16H2,1-6H3/b8-7+/t19?,21?,24-,25+,26-,27+,28+/m0/s1. The van der Waals surface area contributed by atoms with Crippen molar-refractivity contribution in [3.05, 3.63) is 41.5 Å². The van der Waals surface area contributed by atoms with E-state index in [1.807, 2.05) is 12.1 Å². The largest absolute Gasteiger partial charge is 0.508 e. The van der Waals surface area contributed by atoms with E-state index in [2.05, 4.69) is 53.7 Å². The predicted molar refractivity (Wildman–Crippen MR) is 127 cm³/mol. The van der Waals surface area contributed by atoms with Gasteiger partial charge in [-0.3, -0.25) is 0 Å². The molecule has 2 N–H and O–H groups in total. The maximum absolute atomic E-state index is 10.9. The van der Waals surface area contributed by atoms with Crippen molar-refractivity contribution < 1.29 is 10.2 Å². The lowest BCUT2D eigenvalue weighted by molar-refractivity contribution is -0.0493. The van der Waals surface area contributed by atoms with Gasteiger partial charge in [0.05, 0.1) is 6.10 Å². The molecular formula is C28H44O2. The first-order chi connectivity index (χ1) is 14.1. The quantitative estimate of drug-likeness (QED) is 0.477. The highest BCUT2D eigenvalue weighted by atomic mass is 16.3. The summed E-state index contributed by atoms with van der Waals surface area (Å²) >= 11 is 0. The Hall–Kier alpha value is -1.28. The molecule has 0 aliphatic heterocycles. The Balaban J connectivity index is 1.72. The molecule has 2 saturated carbocycles. The van der Waals surface area contributed by atoms with Gasteiger partial charge in [-0.15, -0.1) is 0 Å². The third-order valence-corrected chi connectivity index (χ3v) is 8.96. The number of fused-ring (bicyclic) bond motifs is 1. The van der Waals surface area contributed by atoms with Gasteiger partial charge in [0, 0.05) is 0 Å². The van der Waals surface area contributed by atoms with Gasteiger partial charge in [-0.2, -0.15) is 0 Å². The van der Waals surface area contributed by atoms with E-state index in [0.29, 0.717) is 40.8 Å². The molecule has 0 amide bonds. The molecule has 0 heterocycles. The molecule has 0 spiro atoms. The van der Waals surface area contributed by atoms with Crippen molar-refractivity contribution in [1.29, 1.82) is 0 Å². The first-order valence-electron chi connectivity index (χ1n) is 12.3. The molecule has 7 atom stereocenters. The van der Waals surface area contributed by atoms with Crippen LogP contribution in [0, 0.1) is 47.8 Å². The molecule has 2 unspecified atom stereocenters. The number of phenols is 1. The Kier molecular flexibility index (Phi) is 7.38. The summed E-state index contributed by atoms with van der Waals surface area (Å²) in [6.45, 7) is 14.0. The van der Waals surface area contributed by atoms with Crippen LogP contribution in [0.5, 0.6) is 5.75 Å². The minimum absolute atomic E-state index is 0.175. The van der Waals surface area contributed by atoms with Gasteiger partial charge in [0.1, 0.15) is 5.75 Å². The van der Waals surface area contributed by atoms with E-state index >= 15 is 0 Å². The SMILES string of the molecule is Cc1ccc(O)cc1CC[C@@H]1[C@H](O)CC[C@]2(C)[C@@H](C(C)/C=C/C(C)C(C)C)CC[C@@H]12. The third kappa shape index (κ3) is 4.79. The van der Waals surface area contributed by atoms with E-state index in [1.165, 1.54) is 24.0 Å². The Morgan fingerprint density at radius 2 is 1.83 bits per heavy atom. The van der Waals surface area contributed by atoms with Gasteiger partial charge < -0.3 is 10.2 Å². The van der Waals surface area contributed by atoms with Crippen LogP contribution in [-0.4, -0.2) is 16.3 Å². The molecule has 0 aromatic heterocycles. The predicted octanol–water partition coefficient (Wildman–Crippen LogP) is 6.92. The number of hydrogen-bond acceptors (Lipinski definition) is 2. The summed E-state index contributed by atoms with van der Waals surface area (Å²) in [6, 6.07) is 5.68. The van der Waals surface area contributed by atoms with Crippen LogP contribution in [0.15, 0.2) is 30.4 Å². The number of aromatic hydroxyl groups is 1. The summed E-state index contributed by atoms with van der Waals surface area (Å²) in [5.74, 6) is 3.98. The van der Waals surface area contributed by atoms with Crippen molar-refractivity contribution in [3.63, 3.8) is 0 Å². The van der Waals surface area contributed by atoms with Gasteiger partial charge in [-0.05, 0) is 110 Å². The maximum Gasteiger partial charge on any atom is 0.115 e. The highest BCUT2D eigenvalue weighted by Crippen LogP contribution is 2.60.